The Bertz CT molecular complexity index is 1950. The second-order valence-electron chi connectivity index (χ2n) is 11.0. The van der Waals surface area contributed by atoms with E-state index in [0.717, 1.165) is 6.07 Å². The van der Waals surface area contributed by atoms with Gasteiger partial charge in [0.05, 0.1) is 30.0 Å². The maximum absolute atomic E-state index is 13.8. The van der Waals surface area contributed by atoms with Gasteiger partial charge in [0, 0.05) is 42.5 Å². The Hall–Kier alpha value is -5.51. The second-order valence-corrected chi connectivity index (χ2v) is 11.0. The molecule has 0 bridgehead atoms. The lowest BCUT2D eigenvalue weighted by Crippen LogP contribution is -2.42. The molecule has 1 saturated carbocycles. The average Bonchev–Trinajstić information content (AvgIpc) is 3.55. The average molecular weight is 594 g/mol. The van der Waals surface area contributed by atoms with Crippen molar-refractivity contribution in [3.05, 3.63) is 84.6 Å². The lowest BCUT2D eigenvalue weighted by Gasteiger charge is -2.34. The van der Waals surface area contributed by atoms with Gasteiger partial charge in [0.1, 0.15) is 16.9 Å². The summed E-state index contributed by atoms with van der Waals surface area (Å²) >= 11 is 0. The lowest BCUT2D eigenvalue weighted by atomic mass is 10.00. The summed E-state index contributed by atoms with van der Waals surface area (Å²) in [6.07, 6.45) is 7.07. The van der Waals surface area contributed by atoms with Gasteiger partial charge in [-0.1, -0.05) is 0 Å². The van der Waals surface area contributed by atoms with Crippen LogP contribution in [0, 0.1) is 28.5 Å². The molecule has 13 heteroatoms. The van der Waals surface area contributed by atoms with Crippen molar-refractivity contribution >= 4 is 23.3 Å². The number of likely N-dealkylation sites (tertiary alicyclic amines) is 1. The fourth-order valence-corrected chi connectivity index (χ4v) is 5.66. The highest BCUT2D eigenvalue weighted by atomic mass is 19.1. The molecule has 5 aromatic rings. The molecule has 2 amide bonds. The first kappa shape index (κ1) is 27.3. The first-order valence-electron chi connectivity index (χ1n) is 14.2. The summed E-state index contributed by atoms with van der Waals surface area (Å²) in [4.78, 5) is 40.0. The summed E-state index contributed by atoms with van der Waals surface area (Å²) in [6.45, 7) is 1.05. The third-order valence-electron chi connectivity index (χ3n) is 8.22. The molecule has 1 N–H and O–H groups in total. The number of pyridine rings is 1. The van der Waals surface area contributed by atoms with Gasteiger partial charge in [0.2, 0.25) is 11.9 Å². The van der Waals surface area contributed by atoms with Crippen LogP contribution < -0.4 is 5.32 Å². The van der Waals surface area contributed by atoms with E-state index in [9.17, 15) is 23.6 Å². The fraction of sp³-hybridized carbons (Fsp3) is 0.258. The zero-order valence-corrected chi connectivity index (χ0v) is 23.3. The number of carbonyl (C=O) groups is 2. The number of anilines is 1. The van der Waals surface area contributed by atoms with Crippen molar-refractivity contribution in [1.82, 2.24) is 34.0 Å². The molecule has 2 fully saturated rings. The van der Waals surface area contributed by atoms with Crippen LogP contribution in [0.2, 0.25) is 0 Å². The van der Waals surface area contributed by atoms with Crippen molar-refractivity contribution in [3.63, 3.8) is 0 Å². The van der Waals surface area contributed by atoms with E-state index in [1.54, 1.807) is 41.7 Å². The molecule has 44 heavy (non-hydrogen) atoms. The Balaban J connectivity index is 1.20. The van der Waals surface area contributed by atoms with E-state index in [0.29, 0.717) is 67.1 Å². The van der Waals surface area contributed by atoms with Gasteiger partial charge < -0.3 is 14.8 Å². The number of piperidine rings is 1. The van der Waals surface area contributed by atoms with Crippen LogP contribution in [0.1, 0.15) is 42.1 Å². The molecular formula is C31H25F2N9O2. The SMILES string of the molecule is N#CC1(C(=O)N2CCC(n3cnc(-c4ccc(F)cc4)c3-c3ccc4nc(NC(=O)c5ccnc(F)c5)cn4n3)CC2)CC1. The van der Waals surface area contributed by atoms with E-state index in [1.165, 1.54) is 28.9 Å². The zero-order chi connectivity index (χ0) is 30.4. The zero-order valence-electron chi connectivity index (χ0n) is 23.3. The number of hydrogen-bond donors (Lipinski definition) is 1. The topological polar surface area (TPSA) is 134 Å². The van der Waals surface area contributed by atoms with E-state index in [2.05, 4.69) is 21.4 Å². The number of benzene rings is 1. The number of rotatable bonds is 6. The van der Waals surface area contributed by atoms with Crippen LogP contribution in [0.4, 0.5) is 14.6 Å². The normalized spacial score (nSPS) is 16.1. The van der Waals surface area contributed by atoms with E-state index in [4.69, 9.17) is 10.1 Å². The van der Waals surface area contributed by atoms with Crippen molar-refractivity contribution in [2.45, 2.75) is 31.7 Å². The van der Waals surface area contributed by atoms with Crippen LogP contribution in [0.3, 0.4) is 0 Å². The highest BCUT2D eigenvalue weighted by Crippen LogP contribution is 2.47. The number of fused-ring (bicyclic) bond motifs is 1. The molecule has 5 heterocycles. The Morgan fingerprint density at radius 3 is 2.50 bits per heavy atom. The Labute approximate surface area is 249 Å². The number of aromatic nitrogens is 6. The number of nitrogens with one attached hydrogen (secondary N) is 1. The third kappa shape index (κ3) is 4.94. The standard InChI is InChI=1S/C31H25F2N9O2/c32-21-3-1-19(2-4-21)27-28(41(18-36-27)22-8-13-40(14-9-22)30(44)31(17-34)10-11-31)23-5-6-26-37-25(16-42(26)39-23)38-29(43)20-7-12-35-24(33)15-20/h1-7,12,15-16,18,22H,8-11,13-14H2,(H,38,43). The molecule has 0 radical (unpaired) electrons. The van der Waals surface area contributed by atoms with E-state index >= 15 is 0 Å². The van der Waals surface area contributed by atoms with Crippen molar-refractivity contribution in [2.75, 3.05) is 18.4 Å². The van der Waals surface area contributed by atoms with Crippen LogP contribution >= 0.6 is 0 Å². The van der Waals surface area contributed by atoms with Crippen molar-refractivity contribution in [2.24, 2.45) is 5.41 Å². The van der Waals surface area contributed by atoms with Gasteiger partial charge in [-0.05, 0) is 68.1 Å². The molecule has 2 aliphatic rings. The van der Waals surface area contributed by atoms with Gasteiger partial charge in [-0.25, -0.2) is 23.9 Å². The fourth-order valence-electron chi connectivity index (χ4n) is 5.66. The number of carbonyl (C=O) groups excluding carboxylic acids is 2. The van der Waals surface area contributed by atoms with Crippen molar-refractivity contribution < 1.29 is 18.4 Å². The summed E-state index contributed by atoms with van der Waals surface area (Å²) in [5.41, 5.74) is 2.33. The molecular weight excluding hydrogens is 568 g/mol. The predicted octanol–water partition coefficient (Wildman–Crippen LogP) is 4.65. The van der Waals surface area contributed by atoms with Crippen LogP contribution in [0.5, 0.6) is 0 Å². The van der Waals surface area contributed by atoms with E-state index in [-0.39, 0.29) is 29.1 Å². The summed E-state index contributed by atoms with van der Waals surface area (Å²) < 4.78 is 30.9. The molecule has 1 aliphatic heterocycles. The van der Waals surface area contributed by atoms with Crippen molar-refractivity contribution in [3.8, 4) is 28.7 Å². The van der Waals surface area contributed by atoms with Crippen LogP contribution in [-0.4, -0.2) is 58.9 Å². The van der Waals surface area contributed by atoms with Gasteiger partial charge in [-0.3, -0.25) is 9.59 Å². The van der Waals surface area contributed by atoms with Crippen LogP contribution in [-0.2, 0) is 4.79 Å². The number of nitrogens with zero attached hydrogens (tertiary/aromatic N) is 8. The smallest absolute Gasteiger partial charge is 0.257 e. The number of hydrogen-bond acceptors (Lipinski definition) is 7. The largest absolute Gasteiger partial charge is 0.341 e. The molecule has 11 nitrogen and oxygen atoms in total. The van der Waals surface area contributed by atoms with E-state index in [1.807, 2.05) is 4.57 Å². The van der Waals surface area contributed by atoms with Gasteiger partial charge in [0.15, 0.2) is 11.5 Å². The minimum Gasteiger partial charge on any atom is -0.341 e. The molecule has 220 valence electrons. The van der Waals surface area contributed by atoms with Crippen LogP contribution in [0.15, 0.2) is 67.3 Å². The summed E-state index contributed by atoms with van der Waals surface area (Å²) in [6, 6.07) is 14.3. The Morgan fingerprint density at radius 1 is 1.02 bits per heavy atom. The molecule has 7 rings (SSSR count). The summed E-state index contributed by atoms with van der Waals surface area (Å²) in [5, 5.41) is 16.9. The first-order chi connectivity index (χ1) is 21.3. The van der Waals surface area contributed by atoms with Gasteiger partial charge >= 0.3 is 0 Å². The Kier molecular flexibility index (Phi) is 6.61. The Morgan fingerprint density at radius 2 is 1.80 bits per heavy atom. The van der Waals surface area contributed by atoms with Gasteiger partial charge in [-0.15, -0.1) is 0 Å². The number of imidazole rings is 2. The molecule has 0 unspecified atom stereocenters. The van der Waals surface area contributed by atoms with Gasteiger partial charge in [0.25, 0.3) is 5.91 Å². The minimum absolute atomic E-state index is 0.00359. The molecule has 1 saturated heterocycles. The monoisotopic (exact) mass is 593 g/mol. The molecule has 0 spiro atoms. The summed E-state index contributed by atoms with van der Waals surface area (Å²) in [5.74, 6) is -1.52. The van der Waals surface area contributed by atoms with Crippen molar-refractivity contribution in [1.29, 1.82) is 5.26 Å². The first-order valence-corrected chi connectivity index (χ1v) is 14.2. The molecule has 1 aromatic carbocycles. The highest BCUT2D eigenvalue weighted by Gasteiger charge is 2.52. The summed E-state index contributed by atoms with van der Waals surface area (Å²) in [7, 11) is 0. The maximum atomic E-state index is 13.8. The predicted molar refractivity (Wildman–Crippen MR) is 154 cm³/mol. The quantitative estimate of drug-likeness (QED) is 0.283. The lowest BCUT2D eigenvalue weighted by molar-refractivity contribution is -0.136. The van der Waals surface area contributed by atoms with Gasteiger partial charge in [-0.2, -0.15) is 14.8 Å². The third-order valence-corrected chi connectivity index (χ3v) is 8.22. The van der Waals surface area contributed by atoms with Crippen LogP contribution in [0.25, 0.3) is 28.3 Å². The maximum Gasteiger partial charge on any atom is 0.257 e. The number of halogens is 2. The molecule has 4 aromatic heterocycles. The second kappa shape index (κ2) is 10.6. The number of nitriles is 1. The highest BCUT2D eigenvalue weighted by molar-refractivity contribution is 6.03. The molecule has 0 atom stereocenters. The minimum atomic E-state index is -0.848. The molecule has 1 aliphatic carbocycles. The number of amides is 2. The van der Waals surface area contributed by atoms with E-state index < -0.39 is 17.3 Å².